The lowest BCUT2D eigenvalue weighted by Crippen LogP contribution is -2.20. The maximum atomic E-state index is 10.5. The van der Waals surface area contributed by atoms with E-state index in [9.17, 15) is 5.11 Å². The smallest absolute Gasteiger partial charge is 0.139 e. The number of hydrogen-bond donors (Lipinski definition) is 1. The number of nitrogens with zero attached hydrogens (tertiary/aromatic N) is 4. The number of aromatic nitrogens is 4. The molecule has 0 saturated heterocycles. The predicted molar refractivity (Wildman–Crippen MR) is 128 cm³/mol. The first kappa shape index (κ1) is 21.9. The molecule has 3 aromatic heterocycles. The van der Waals surface area contributed by atoms with E-state index in [0.29, 0.717) is 12.4 Å². The molecule has 0 radical (unpaired) electrons. The van der Waals surface area contributed by atoms with Crippen LogP contribution in [-0.2, 0) is 18.5 Å². The van der Waals surface area contributed by atoms with Gasteiger partial charge in [-0.3, -0.25) is 0 Å². The predicted octanol–water partition coefficient (Wildman–Crippen LogP) is 3.76. The lowest BCUT2D eigenvalue weighted by molar-refractivity contribution is 0.0809. The van der Waals surface area contributed by atoms with Crippen molar-refractivity contribution in [1.29, 1.82) is 0 Å². The van der Waals surface area contributed by atoms with E-state index in [0.717, 1.165) is 60.1 Å². The van der Waals surface area contributed by atoms with Crippen LogP contribution in [0.5, 0.6) is 0 Å². The first-order chi connectivity index (χ1) is 14.7. The van der Waals surface area contributed by atoms with Gasteiger partial charge >= 0.3 is 0 Å². The first-order valence-corrected chi connectivity index (χ1v) is 13.7. The van der Waals surface area contributed by atoms with Gasteiger partial charge in [-0.05, 0) is 56.4 Å². The SMILES string of the molecule is Cn1cc(-c2cnn(COCCS(C)(C)C)c2)c2cc(C#CC3(O)CCCC3)ncc21. The standard InChI is InChI=1S/C24H32N4O2S/c1-27-17-22(19-14-26-28(16-19)18-30-11-12-31(2,3)4)21-13-20(25-15-23(21)27)7-10-24(29)8-5-6-9-24/h13-17,29H,5-6,8-9,11-12,18H2,1-4H3. The second-order valence-corrected chi connectivity index (χ2v) is 13.9. The van der Waals surface area contributed by atoms with Gasteiger partial charge in [0, 0.05) is 41.7 Å². The van der Waals surface area contributed by atoms with Crippen molar-refractivity contribution in [3.05, 3.63) is 36.5 Å². The van der Waals surface area contributed by atoms with E-state index in [2.05, 4.69) is 51.5 Å². The Bertz CT molecular complexity index is 1120. The molecule has 1 fully saturated rings. The Labute approximate surface area is 185 Å². The monoisotopic (exact) mass is 440 g/mol. The van der Waals surface area contributed by atoms with Crippen LogP contribution >= 0.6 is 10.0 Å². The van der Waals surface area contributed by atoms with Crippen LogP contribution in [0.4, 0.5) is 0 Å². The Balaban J connectivity index is 1.54. The minimum atomic E-state index is -0.855. The topological polar surface area (TPSA) is 65.1 Å². The van der Waals surface area contributed by atoms with E-state index in [1.165, 1.54) is 0 Å². The highest BCUT2D eigenvalue weighted by Crippen LogP contribution is 2.34. The van der Waals surface area contributed by atoms with Crippen molar-refractivity contribution in [1.82, 2.24) is 19.3 Å². The average Bonchev–Trinajstić information content (AvgIpc) is 3.43. The first-order valence-electron chi connectivity index (χ1n) is 10.7. The highest BCUT2D eigenvalue weighted by atomic mass is 32.3. The molecule has 1 aliphatic rings. The van der Waals surface area contributed by atoms with Crippen molar-refractivity contribution in [2.45, 2.75) is 38.0 Å². The van der Waals surface area contributed by atoms with Gasteiger partial charge in [0.1, 0.15) is 18.0 Å². The molecule has 0 unspecified atom stereocenters. The van der Waals surface area contributed by atoms with Gasteiger partial charge in [-0.2, -0.15) is 5.10 Å². The van der Waals surface area contributed by atoms with Crippen molar-refractivity contribution in [3.63, 3.8) is 0 Å². The quantitative estimate of drug-likeness (QED) is 0.468. The second kappa shape index (κ2) is 8.70. The zero-order chi connectivity index (χ0) is 22.1. The number of rotatable bonds is 6. The van der Waals surface area contributed by atoms with Gasteiger partial charge in [0.15, 0.2) is 0 Å². The molecule has 0 aromatic carbocycles. The molecule has 7 heteroatoms. The van der Waals surface area contributed by atoms with Crippen LogP contribution in [0.1, 0.15) is 31.4 Å². The lowest BCUT2D eigenvalue weighted by atomic mass is 10.0. The maximum Gasteiger partial charge on any atom is 0.139 e. The Hall–Kier alpha value is -2.27. The van der Waals surface area contributed by atoms with E-state index in [1.807, 2.05) is 36.4 Å². The second-order valence-electron chi connectivity index (χ2n) is 9.33. The summed E-state index contributed by atoms with van der Waals surface area (Å²) in [6, 6.07) is 2.01. The van der Waals surface area contributed by atoms with Gasteiger partial charge in [-0.15, -0.1) is 0 Å². The van der Waals surface area contributed by atoms with E-state index in [4.69, 9.17) is 4.74 Å². The summed E-state index contributed by atoms with van der Waals surface area (Å²) in [6.45, 7) is 1.21. The summed E-state index contributed by atoms with van der Waals surface area (Å²) in [5.41, 5.74) is 2.99. The Kier molecular flexibility index (Phi) is 6.16. The molecule has 6 nitrogen and oxygen atoms in total. The molecule has 0 aliphatic heterocycles. The molecule has 0 spiro atoms. The number of fused-ring (bicyclic) bond motifs is 1. The zero-order valence-electron chi connectivity index (χ0n) is 18.9. The van der Waals surface area contributed by atoms with Crippen LogP contribution in [0.3, 0.4) is 0 Å². The minimum Gasteiger partial charge on any atom is -0.378 e. The van der Waals surface area contributed by atoms with Crippen LogP contribution in [-0.4, -0.2) is 61.2 Å². The normalized spacial score (nSPS) is 16.4. The van der Waals surface area contributed by atoms with Gasteiger partial charge in [0.05, 0.1) is 24.5 Å². The third-order valence-electron chi connectivity index (χ3n) is 5.74. The fourth-order valence-corrected chi connectivity index (χ4v) is 4.50. The summed E-state index contributed by atoms with van der Waals surface area (Å²) in [7, 11) is 1.47. The molecule has 1 aliphatic carbocycles. The van der Waals surface area contributed by atoms with E-state index in [-0.39, 0.29) is 0 Å². The Morgan fingerprint density at radius 2 is 1.97 bits per heavy atom. The van der Waals surface area contributed by atoms with Gasteiger partial charge < -0.3 is 14.4 Å². The summed E-state index contributed by atoms with van der Waals surface area (Å²) < 4.78 is 9.72. The van der Waals surface area contributed by atoms with Crippen LogP contribution in [0.2, 0.25) is 0 Å². The lowest BCUT2D eigenvalue weighted by Gasteiger charge is -2.24. The molecule has 0 atom stereocenters. The van der Waals surface area contributed by atoms with Crippen LogP contribution in [0.25, 0.3) is 22.0 Å². The van der Waals surface area contributed by atoms with Gasteiger partial charge in [-0.25, -0.2) is 19.7 Å². The molecule has 1 N–H and O–H groups in total. The van der Waals surface area contributed by atoms with E-state index < -0.39 is 15.6 Å². The molecule has 0 bridgehead atoms. The minimum absolute atomic E-state index is 0.456. The molecule has 4 rings (SSSR count). The molecule has 3 aromatic rings. The molecule has 0 amide bonds. The van der Waals surface area contributed by atoms with Crippen LogP contribution in [0.15, 0.2) is 30.9 Å². The molecule has 31 heavy (non-hydrogen) atoms. The fraction of sp³-hybridized carbons (Fsp3) is 0.500. The van der Waals surface area contributed by atoms with Crippen molar-refractivity contribution in [2.75, 3.05) is 31.1 Å². The third-order valence-corrected chi connectivity index (χ3v) is 7.13. The molecule has 1 saturated carbocycles. The molecular formula is C24H32N4O2S. The number of aryl methyl sites for hydroxylation is 1. The van der Waals surface area contributed by atoms with Gasteiger partial charge in [0.25, 0.3) is 0 Å². The summed E-state index contributed by atoms with van der Waals surface area (Å²) in [6.07, 6.45) is 18.3. The molecular weight excluding hydrogens is 408 g/mol. The number of aliphatic hydroxyl groups is 1. The summed E-state index contributed by atoms with van der Waals surface area (Å²) in [5, 5.41) is 16.1. The summed E-state index contributed by atoms with van der Waals surface area (Å²) in [5.74, 6) is 7.25. The van der Waals surface area contributed by atoms with Crippen molar-refractivity contribution >= 4 is 20.9 Å². The number of hydrogen-bond acceptors (Lipinski definition) is 4. The molecule has 3 heterocycles. The highest BCUT2D eigenvalue weighted by Gasteiger charge is 2.28. The number of ether oxygens (including phenoxy) is 1. The average molecular weight is 441 g/mol. The molecule has 166 valence electrons. The highest BCUT2D eigenvalue weighted by molar-refractivity contribution is 8.32. The largest absolute Gasteiger partial charge is 0.378 e. The van der Waals surface area contributed by atoms with Crippen molar-refractivity contribution in [2.24, 2.45) is 7.05 Å². The van der Waals surface area contributed by atoms with Crippen LogP contribution < -0.4 is 0 Å². The van der Waals surface area contributed by atoms with Gasteiger partial charge in [0.2, 0.25) is 0 Å². The third kappa shape index (κ3) is 5.32. The van der Waals surface area contributed by atoms with Crippen molar-refractivity contribution < 1.29 is 9.84 Å². The van der Waals surface area contributed by atoms with E-state index >= 15 is 0 Å². The fourth-order valence-electron chi connectivity index (χ4n) is 3.88. The number of pyridine rings is 1. The van der Waals surface area contributed by atoms with E-state index in [1.54, 1.807) is 0 Å². The summed E-state index contributed by atoms with van der Waals surface area (Å²) in [4.78, 5) is 4.50. The maximum absolute atomic E-state index is 10.5. The van der Waals surface area contributed by atoms with Crippen molar-refractivity contribution in [3.8, 4) is 23.0 Å². The summed E-state index contributed by atoms with van der Waals surface area (Å²) >= 11 is 0. The zero-order valence-corrected chi connectivity index (χ0v) is 19.7. The Morgan fingerprint density at radius 3 is 2.71 bits per heavy atom. The van der Waals surface area contributed by atoms with Crippen LogP contribution in [0, 0.1) is 11.8 Å². The van der Waals surface area contributed by atoms with Gasteiger partial charge in [-0.1, -0.05) is 5.92 Å². The Morgan fingerprint density at radius 1 is 1.19 bits per heavy atom.